The predicted molar refractivity (Wildman–Crippen MR) is 122 cm³/mol. The molecule has 0 aromatic heterocycles. The molecule has 2 saturated carbocycles. The van der Waals surface area contributed by atoms with Crippen LogP contribution in [0.2, 0.25) is 0 Å². The maximum atomic E-state index is 12.7. The Morgan fingerprint density at radius 2 is 1.61 bits per heavy atom. The minimum atomic E-state index is -0.857. The fourth-order valence-corrected chi connectivity index (χ4v) is 6.03. The lowest BCUT2D eigenvalue weighted by Crippen LogP contribution is -2.53. The van der Waals surface area contributed by atoms with Gasteiger partial charge in [-0.1, -0.05) is 48.5 Å². The van der Waals surface area contributed by atoms with Gasteiger partial charge in [-0.15, -0.1) is 0 Å². The maximum absolute atomic E-state index is 12.7. The van der Waals surface area contributed by atoms with Gasteiger partial charge in [-0.25, -0.2) is 4.79 Å². The molecule has 2 bridgehead atoms. The zero-order chi connectivity index (χ0) is 23.1. The van der Waals surface area contributed by atoms with E-state index in [0.717, 1.165) is 41.5 Å². The van der Waals surface area contributed by atoms with Crippen molar-refractivity contribution in [1.82, 2.24) is 10.6 Å². The van der Waals surface area contributed by atoms with Gasteiger partial charge in [-0.3, -0.25) is 9.59 Å². The Balaban J connectivity index is 1.18. The monoisotopic (exact) mass is 448 g/mol. The van der Waals surface area contributed by atoms with E-state index in [1.807, 2.05) is 36.4 Å². The van der Waals surface area contributed by atoms with Crippen LogP contribution in [-0.2, 0) is 14.3 Å². The van der Waals surface area contributed by atoms with Gasteiger partial charge in [0, 0.05) is 12.0 Å². The number of hydrogen-bond donors (Lipinski definition) is 3. The number of amides is 2. The quantitative estimate of drug-likeness (QED) is 0.627. The fourth-order valence-electron chi connectivity index (χ4n) is 6.03. The normalized spacial score (nSPS) is 25.7. The summed E-state index contributed by atoms with van der Waals surface area (Å²) in [5, 5.41) is 15.0. The molecule has 2 aromatic carbocycles. The van der Waals surface area contributed by atoms with Gasteiger partial charge in [0.15, 0.2) is 0 Å². The molecule has 0 heterocycles. The van der Waals surface area contributed by atoms with Crippen LogP contribution < -0.4 is 10.6 Å². The molecule has 172 valence electrons. The summed E-state index contributed by atoms with van der Waals surface area (Å²) in [6, 6.07) is 15.0. The second kappa shape index (κ2) is 8.54. The molecule has 3 aliphatic rings. The summed E-state index contributed by atoms with van der Waals surface area (Å²) in [5.41, 5.74) is 4.53. The van der Waals surface area contributed by atoms with Crippen LogP contribution in [0.25, 0.3) is 11.1 Å². The Bertz CT molecular complexity index is 1050. The molecule has 33 heavy (non-hydrogen) atoms. The smallest absolute Gasteiger partial charge is 0.407 e. The second-order valence-electron chi connectivity index (χ2n) is 9.42. The number of aliphatic carboxylic acids is 1. The number of alkyl carbamates (subject to hydrolysis) is 1. The summed E-state index contributed by atoms with van der Waals surface area (Å²) >= 11 is 0. The largest absolute Gasteiger partial charge is 0.481 e. The van der Waals surface area contributed by atoms with Crippen LogP contribution in [0, 0.1) is 17.8 Å². The van der Waals surface area contributed by atoms with Crippen molar-refractivity contribution in [1.29, 1.82) is 0 Å². The summed E-state index contributed by atoms with van der Waals surface area (Å²) in [4.78, 5) is 36.8. The Hall–Kier alpha value is -3.35. The molecular weight excluding hydrogens is 420 g/mol. The Labute approximate surface area is 192 Å². The topological polar surface area (TPSA) is 105 Å². The van der Waals surface area contributed by atoms with Crippen LogP contribution >= 0.6 is 0 Å². The van der Waals surface area contributed by atoms with E-state index in [1.54, 1.807) is 6.92 Å². The van der Waals surface area contributed by atoms with Crippen molar-refractivity contribution in [3.05, 3.63) is 59.7 Å². The van der Waals surface area contributed by atoms with Crippen LogP contribution in [-0.4, -0.2) is 41.8 Å². The van der Waals surface area contributed by atoms with Gasteiger partial charge < -0.3 is 20.5 Å². The lowest BCUT2D eigenvalue weighted by Gasteiger charge is -2.30. The van der Waals surface area contributed by atoms with Crippen molar-refractivity contribution in [3.8, 4) is 11.1 Å². The lowest BCUT2D eigenvalue weighted by atomic mass is 9.84. The van der Waals surface area contributed by atoms with Gasteiger partial charge in [-0.2, -0.15) is 0 Å². The van der Waals surface area contributed by atoms with Crippen molar-refractivity contribution in [2.75, 3.05) is 6.61 Å². The molecule has 3 aliphatic carbocycles. The molecule has 0 saturated heterocycles. The summed E-state index contributed by atoms with van der Waals surface area (Å²) in [5.74, 6) is -1.52. The van der Waals surface area contributed by atoms with Crippen molar-refractivity contribution in [2.45, 2.75) is 44.2 Å². The third kappa shape index (κ3) is 3.86. The standard InChI is InChI=1S/C26H28N2O5/c1-14(24(29)28-23-16-11-10-15(12-16)22(23)25(30)31)27-26(32)33-13-21-19-8-4-2-6-17(19)18-7-3-5-9-20(18)21/h2-9,14-16,21-23H,10-13H2,1H3,(H,27,32)(H,28,29)(H,30,31). The maximum Gasteiger partial charge on any atom is 0.407 e. The first kappa shape index (κ1) is 21.5. The van der Waals surface area contributed by atoms with Crippen molar-refractivity contribution in [3.63, 3.8) is 0 Å². The van der Waals surface area contributed by atoms with Gasteiger partial charge >= 0.3 is 12.1 Å². The molecule has 2 aromatic rings. The molecule has 2 amide bonds. The molecule has 2 fully saturated rings. The highest BCUT2D eigenvalue weighted by Gasteiger charge is 2.51. The number of nitrogens with one attached hydrogen (secondary N) is 2. The number of ether oxygens (including phenoxy) is 1. The van der Waals surface area contributed by atoms with Crippen LogP contribution in [0.5, 0.6) is 0 Å². The van der Waals surface area contributed by atoms with Crippen LogP contribution in [0.15, 0.2) is 48.5 Å². The summed E-state index contributed by atoms with van der Waals surface area (Å²) in [6.45, 7) is 1.75. The van der Waals surface area contributed by atoms with Gasteiger partial charge in [0.05, 0.1) is 5.92 Å². The van der Waals surface area contributed by atoms with E-state index in [0.29, 0.717) is 0 Å². The number of carbonyl (C=O) groups excluding carboxylic acids is 2. The number of hydrogen-bond acceptors (Lipinski definition) is 4. The molecule has 3 N–H and O–H groups in total. The second-order valence-corrected chi connectivity index (χ2v) is 9.42. The third-order valence-corrected chi connectivity index (χ3v) is 7.58. The highest BCUT2D eigenvalue weighted by Crippen LogP contribution is 2.48. The van der Waals surface area contributed by atoms with E-state index in [-0.39, 0.29) is 36.3 Å². The molecule has 7 nitrogen and oxygen atoms in total. The first-order chi connectivity index (χ1) is 15.9. The summed E-state index contributed by atoms with van der Waals surface area (Å²) in [7, 11) is 0. The van der Waals surface area contributed by atoms with Crippen LogP contribution in [0.3, 0.4) is 0 Å². The Morgan fingerprint density at radius 3 is 2.24 bits per heavy atom. The Morgan fingerprint density at radius 1 is 1.00 bits per heavy atom. The molecule has 0 aliphatic heterocycles. The number of carboxylic acid groups (broad SMARTS) is 1. The van der Waals surface area contributed by atoms with E-state index in [1.165, 1.54) is 0 Å². The SMILES string of the molecule is CC(NC(=O)OCC1c2ccccc2-c2ccccc21)C(=O)NC1C2CCC(C2)C1C(=O)O. The molecule has 0 radical (unpaired) electrons. The zero-order valence-corrected chi connectivity index (χ0v) is 18.5. The van der Waals surface area contributed by atoms with Crippen LogP contribution in [0.4, 0.5) is 4.79 Å². The minimum Gasteiger partial charge on any atom is -0.481 e. The zero-order valence-electron chi connectivity index (χ0n) is 18.5. The van der Waals surface area contributed by atoms with E-state index >= 15 is 0 Å². The highest BCUT2D eigenvalue weighted by atomic mass is 16.5. The van der Waals surface area contributed by atoms with E-state index in [9.17, 15) is 19.5 Å². The van der Waals surface area contributed by atoms with Crippen LogP contribution in [0.1, 0.15) is 43.2 Å². The minimum absolute atomic E-state index is 0.0577. The molecule has 5 unspecified atom stereocenters. The molecule has 5 atom stereocenters. The third-order valence-electron chi connectivity index (χ3n) is 7.58. The Kier molecular flexibility index (Phi) is 5.56. The number of benzene rings is 2. The molecule has 5 rings (SSSR count). The van der Waals surface area contributed by atoms with Gasteiger partial charge in [-0.05, 0) is 60.3 Å². The predicted octanol–water partition coefficient (Wildman–Crippen LogP) is 3.53. The van der Waals surface area contributed by atoms with Crippen molar-refractivity contribution >= 4 is 18.0 Å². The number of rotatable bonds is 6. The molecular formula is C26H28N2O5. The lowest BCUT2D eigenvalue weighted by molar-refractivity contribution is -0.144. The average Bonchev–Trinajstić information content (AvgIpc) is 3.49. The average molecular weight is 449 g/mol. The first-order valence-electron chi connectivity index (χ1n) is 11.6. The van der Waals surface area contributed by atoms with Gasteiger partial charge in [0.1, 0.15) is 12.6 Å². The van der Waals surface area contributed by atoms with E-state index in [2.05, 4.69) is 22.8 Å². The molecule has 0 spiro atoms. The summed E-state index contributed by atoms with van der Waals surface area (Å²) < 4.78 is 5.52. The number of carboxylic acids is 1. The number of fused-ring (bicyclic) bond motifs is 5. The van der Waals surface area contributed by atoms with E-state index in [4.69, 9.17) is 4.74 Å². The van der Waals surface area contributed by atoms with Gasteiger partial charge in [0.2, 0.25) is 5.91 Å². The fraction of sp³-hybridized carbons (Fsp3) is 0.423. The van der Waals surface area contributed by atoms with Crippen molar-refractivity contribution in [2.24, 2.45) is 17.8 Å². The molecule has 7 heteroatoms. The number of carbonyl (C=O) groups is 3. The highest BCUT2D eigenvalue weighted by molar-refractivity contribution is 5.86. The first-order valence-corrected chi connectivity index (χ1v) is 11.6. The van der Waals surface area contributed by atoms with Crippen molar-refractivity contribution < 1.29 is 24.2 Å². The van der Waals surface area contributed by atoms with Gasteiger partial charge in [0.25, 0.3) is 0 Å². The van der Waals surface area contributed by atoms with E-state index < -0.39 is 24.0 Å². The summed E-state index contributed by atoms with van der Waals surface area (Å²) in [6.07, 6.45) is 2.02.